The number of rotatable bonds is 6. The third kappa shape index (κ3) is 4.13. The maximum absolute atomic E-state index is 14.9. The van der Waals surface area contributed by atoms with Crippen LogP contribution in [0.1, 0.15) is 52.7 Å². The van der Waals surface area contributed by atoms with E-state index in [1.807, 2.05) is 18.4 Å². The van der Waals surface area contributed by atoms with E-state index in [9.17, 15) is 14.0 Å². The van der Waals surface area contributed by atoms with Gasteiger partial charge in [0.1, 0.15) is 5.82 Å². The molecule has 1 aliphatic rings. The zero-order valence-electron chi connectivity index (χ0n) is 16.4. The maximum atomic E-state index is 14.9. The number of thiophene rings is 1. The molecule has 156 valence electrons. The Labute approximate surface area is 181 Å². The number of carbonyl (C=O) groups excluding carboxylic acids is 2. The number of aryl methyl sites for hydroxylation is 1. The SMILES string of the molecule is Cc1ccsc1C(C(=O)NC1CCCC1)N(C(=O)c1csnn1)c1ccccc1F. The van der Waals surface area contributed by atoms with E-state index in [1.54, 1.807) is 12.1 Å². The van der Waals surface area contributed by atoms with Crippen molar-refractivity contribution in [2.24, 2.45) is 0 Å². The van der Waals surface area contributed by atoms with Gasteiger partial charge in [-0.15, -0.1) is 16.4 Å². The lowest BCUT2D eigenvalue weighted by Gasteiger charge is -2.31. The highest BCUT2D eigenvalue weighted by Gasteiger charge is 2.38. The summed E-state index contributed by atoms with van der Waals surface area (Å²) in [7, 11) is 0. The van der Waals surface area contributed by atoms with Gasteiger partial charge in [-0.25, -0.2) is 4.39 Å². The van der Waals surface area contributed by atoms with E-state index >= 15 is 0 Å². The summed E-state index contributed by atoms with van der Waals surface area (Å²) < 4.78 is 18.6. The highest BCUT2D eigenvalue weighted by Crippen LogP contribution is 2.35. The molecule has 9 heteroatoms. The summed E-state index contributed by atoms with van der Waals surface area (Å²) in [5, 5.41) is 10.3. The molecule has 1 atom stereocenters. The van der Waals surface area contributed by atoms with Gasteiger partial charge >= 0.3 is 0 Å². The van der Waals surface area contributed by atoms with Gasteiger partial charge in [0.25, 0.3) is 5.91 Å². The molecule has 0 aliphatic heterocycles. The van der Waals surface area contributed by atoms with Crippen molar-refractivity contribution in [1.29, 1.82) is 0 Å². The molecule has 1 saturated carbocycles. The summed E-state index contributed by atoms with van der Waals surface area (Å²) in [5.74, 6) is -1.46. The zero-order chi connectivity index (χ0) is 21.1. The average Bonchev–Trinajstić information content (AvgIpc) is 3.50. The molecule has 1 fully saturated rings. The van der Waals surface area contributed by atoms with Gasteiger partial charge in [0.15, 0.2) is 11.7 Å². The van der Waals surface area contributed by atoms with Crippen molar-refractivity contribution in [1.82, 2.24) is 14.9 Å². The summed E-state index contributed by atoms with van der Waals surface area (Å²) in [6.45, 7) is 1.89. The standard InChI is InChI=1S/C21H21FN4O2S2/c1-13-10-11-29-19(13)18(20(27)23-14-6-2-3-7-14)26(17-9-5-4-8-15(17)22)21(28)16-12-30-25-24-16/h4-5,8-12,14,18H,2-3,6-7H2,1H3,(H,23,27). The van der Waals surface area contributed by atoms with E-state index in [2.05, 4.69) is 14.9 Å². The van der Waals surface area contributed by atoms with Crippen LogP contribution in [-0.4, -0.2) is 27.4 Å². The van der Waals surface area contributed by atoms with Crippen LogP contribution in [0, 0.1) is 12.7 Å². The molecular weight excluding hydrogens is 423 g/mol. The van der Waals surface area contributed by atoms with Crippen LogP contribution in [0.25, 0.3) is 0 Å². The Kier molecular flexibility index (Phi) is 6.19. The van der Waals surface area contributed by atoms with Gasteiger partial charge in [-0.05, 0) is 60.4 Å². The van der Waals surface area contributed by atoms with Crippen LogP contribution in [0.3, 0.4) is 0 Å². The summed E-state index contributed by atoms with van der Waals surface area (Å²) in [6, 6.07) is 6.94. The minimum Gasteiger partial charge on any atom is -0.351 e. The van der Waals surface area contributed by atoms with Crippen LogP contribution < -0.4 is 10.2 Å². The summed E-state index contributed by atoms with van der Waals surface area (Å²) in [6.07, 6.45) is 3.94. The average molecular weight is 445 g/mol. The molecule has 0 saturated heterocycles. The molecule has 1 aromatic carbocycles. The van der Waals surface area contributed by atoms with Gasteiger partial charge in [0.05, 0.1) is 5.69 Å². The second-order valence-corrected chi connectivity index (χ2v) is 8.83. The fourth-order valence-electron chi connectivity index (χ4n) is 3.76. The summed E-state index contributed by atoms with van der Waals surface area (Å²) in [4.78, 5) is 28.8. The van der Waals surface area contributed by atoms with Crippen LogP contribution in [0.2, 0.25) is 0 Å². The Morgan fingerprint density at radius 3 is 2.63 bits per heavy atom. The number of para-hydroxylation sites is 1. The van der Waals surface area contributed by atoms with Crippen molar-refractivity contribution in [2.75, 3.05) is 4.90 Å². The Morgan fingerprint density at radius 2 is 2.00 bits per heavy atom. The van der Waals surface area contributed by atoms with E-state index < -0.39 is 17.8 Å². The van der Waals surface area contributed by atoms with E-state index in [0.717, 1.165) is 42.8 Å². The molecule has 2 aromatic heterocycles. The molecule has 6 nitrogen and oxygen atoms in total. The molecule has 1 unspecified atom stereocenters. The van der Waals surface area contributed by atoms with Crippen molar-refractivity contribution in [2.45, 2.75) is 44.7 Å². The molecule has 0 spiro atoms. The maximum Gasteiger partial charge on any atom is 0.280 e. The number of anilines is 1. The van der Waals surface area contributed by atoms with E-state index in [0.29, 0.717) is 4.88 Å². The number of hydrogen-bond donors (Lipinski definition) is 1. The Morgan fingerprint density at radius 1 is 1.23 bits per heavy atom. The van der Waals surface area contributed by atoms with Crippen molar-refractivity contribution >= 4 is 40.4 Å². The first-order valence-electron chi connectivity index (χ1n) is 9.75. The topological polar surface area (TPSA) is 75.2 Å². The van der Waals surface area contributed by atoms with Gasteiger partial charge < -0.3 is 5.32 Å². The Hall–Kier alpha value is -2.65. The van der Waals surface area contributed by atoms with Gasteiger partial charge in [-0.2, -0.15) is 0 Å². The predicted molar refractivity (Wildman–Crippen MR) is 115 cm³/mol. The van der Waals surface area contributed by atoms with Crippen molar-refractivity contribution in [3.8, 4) is 0 Å². The fraction of sp³-hybridized carbons (Fsp3) is 0.333. The quantitative estimate of drug-likeness (QED) is 0.608. The Balaban J connectivity index is 1.82. The van der Waals surface area contributed by atoms with Crippen molar-refractivity contribution in [3.63, 3.8) is 0 Å². The number of amides is 2. The van der Waals surface area contributed by atoms with Crippen molar-refractivity contribution in [3.05, 3.63) is 63.0 Å². The van der Waals surface area contributed by atoms with Crippen LogP contribution in [0.5, 0.6) is 0 Å². The van der Waals surface area contributed by atoms with Crippen LogP contribution >= 0.6 is 22.9 Å². The molecule has 2 amide bonds. The summed E-state index contributed by atoms with van der Waals surface area (Å²) in [5.41, 5.74) is 0.989. The minimum absolute atomic E-state index is 0.0369. The smallest absolute Gasteiger partial charge is 0.280 e. The molecule has 1 aliphatic carbocycles. The first-order chi connectivity index (χ1) is 14.6. The lowest BCUT2D eigenvalue weighted by atomic mass is 10.1. The zero-order valence-corrected chi connectivity index (χ0v) is 18.0. The number of benzene rings is 1. The molecule has 0 radical (unpaired) electrons. The second-order valence-electron chi connectivity index (χ2n) is 7.28. The van der Waals surface area contributed by atoms with E-state index in [1.165, 1.54) is 33.7 Å². The van der Waals surface area contributed by atoms with Gasteiger partial charge in [-0.3, -0.25) is 14.5 Å². The predicted octanol–water partition coefficient (Wildman–Crippen LogP) is 4.49. The van der Waals surface area contributed by atoms with Gasteiger partial charge in [0, 0.05) is 16.3 Å². The second kappa shape index (κ2) is 9.01. The molecule has 0 bridgehead atoms. The van der Waals surface area contributed by atoms with E-state index in [4.69, 9.17) is 0 Å². The molecule has 1 N–H and O–H groups in total. The molecule has 2 heterocycles. The number of halogens is 1. The summed E-state index contributed by atoms with van der Waals surface area (Å²) >= 11 is 2.41. The number of nitrogens with zero attached hydrogens (tertiary/aromatic N) is 3. The van der Waals surface area contributed by atoms with Gasteiger partial charge in [0.2, 0.25) is 5.91 Å². The first kappa shape index (κ1) is 20.6. The number of carbonyl (C=O) groups is 2. The lowest BCUT2D eigenvalue weighted by Crippen LogP contribution is -2.46. The molecular formula is C21H21FN4O2S2. The number of aromatic nitrogens is 2. The Bertz CT molecular complexity index is 1030. The highest BCUT2D eigenvalue weighted by atomic mass is 32.1. The van der Waals surface area contributed by atoms with Crippen molar-refractivity contribution < 1.29 is 14.0 Å². The van der Waals surface area contributed by atoms with Gasteiger partial charge in [-0.1, -0.05) is 29.5 Å². The monoisotopic (exact) mass is 444 g/mol. The van der Waals surface area contributed by atoms with Crippen LogP contribution in [0.15, 0.2) is 41.1 Å². The van der Waals surface area contributed by atoms with Crippen LogP contribution in [-0.2, 0) is 4.79 Å². The molecule has 3 aromatic rings. The van der Waals surface area contributed by atoms with E-state index in [-0.39, 0.29) is 23.3 Å². The lowest BCUT2D eigenvalue weighted by molar-refractivity contribution is -0.123. The molecule has 4 rings (SSSR count). The number of hydrogen-bond acceptors (Lipinski definition) is 6. The minimum atomic E-state index is -1.00. The third-order valence-corrected chi connectivity index (χ3v) is 6.84. The highest BCUT2D eigenvalue weighted by molar-refractivity contribution is 7.10. The van der Waals surface area contributed by atoms with Crippen LogP contribution in [0.4, 0.5) is 10.1 Å². The first-order valence-corrected chi connectivity index (χ1v) is 11.5. The fourth-order valence-corrected chi connectivity index (χ4v) is 5.21. The largest absolute Gasteiger partial charge is 0.351 e. The molecule has 30 heavy (non-hydrogen) atoms. The normalized spacial score (nSPS) is 15.1. The third-order valence-electron chi connectivity index (χ3n) is 5.27. The number of nitrogens with one attached hydrogen (secondary N) is 1.